The molecule has 2 aromatic rings. The Hall–Kier alpha value is -2.82. The van der Waals surface area contributed by atoms with Gasteiger partial charge < -0.3 is 15.8 Å². The van der Waals surface area contributed by atoms with Gasteiger partial charge in [0, 0.05) is 6.54 Å². The molecule has 0 aromatic heterocycles. The highest BCUT2D eigenvalue weighted by atomic mass is 16.5. The summed E-state index contributed by atoms with van der Waals surface area (Å²) in [7, 11) is 1.36. The molecule has 0 amide bonds. The van der Waals surface area contributed by atoms with E-state index < -0.39 is 0 Å². The zero-order chi connectivity index (χ0) is 16.5. The Morgan fingerprint density at radius 1 is 1.13 bits per heavy atom. The van der Waals surface area contributed by atoms with Gasteiger partial charge in [0.2, 0.25) is 0 Å². The van der Waals surface area contributed by atoms with Crippen molar-refractivity contribution in [3.63, 3.8) is 0 Å². The lowest BCUT2D eigenvalue weighted by Crippen LogP contribution is -2.33. The van der Waals surface area contributed by atoms with Gasteiger partial charge >= 0.3 is 5.97 Å². The highest BCUT2D eigenvalue weighted by Crippen LogP contribution is 2.07. The van der Waals surface area contributed by atoms with E-state index in [1.54, 1.807) is 18.2 Å². The van der Waals surface area contributed by atoms with Gasteiger partial charge in [-0.25, -0.2) is 9.79 Å². The van der Waals surface area contributed by atoms with Crippen LogP contribution in [0.2, 0.25) is 0 Å². The van der Waals surface area contributed by atoms with Crippen LogP contribution in [0.3, 0.4) is 0 Å². The van der Waals surface area contributed by atoms with Crippen molar-refractivity contribution < 1.29 is 9.53 Å². The molecule has 0 spiro atoms. The monoisotopic (exact) mass is 311 g/mol. The zero-order valence-corrected chi connectivity index (χ0v) is 13.2. The highest BCUT2D eigenvalue weighted by molar-refractivity contribution is 5.89. The van der Waals surface area contributed by atoms with Crippen molar-refractivity contribution in [2.75, 3.05) is 13.7 Å². The summed E-state index contributed by atoms with van der Waals surface area (Å²) in [5, 5.41) is 3.09. The molecule has 0 unspecified atom stereocenters. The average Bonchev–Trinajstić information content (AvgIpc) is 2.60. The van der Waals surface area contributed by atoms with Crippen LogP contribution < -0.4 is 11.1 Å². The number of nitrogens with one attached hydrogen (secondary N) is 1. The Bertz CT molecular complexity index is 669. The van der Waals surface area contributed by atoms with E-state index in [0.29, 0.717) is 18.1 Å². The number of esters is 1. The number of benzene rings is 2. The quantitative estimate of drug-likeness (QED) is 0.487. The predicted molar refractivity (Wildman–Crippen MR) is 91.3 cm³/mol. The van der Waals surface area contributed by atoms with Crippen LogP contribution in [0.5, 0.6) is 0 Å². The minimum atomic E-state index is -0.357. The second-order valence-corrected chi connectivity index (χ2v) is 5.06. The smallest absolute Gasteiger partial charge is 0.337 e. The van der Waals surface area contributed by atoms with Gasteiger partial charge in [-0.3, -0.25) is 0 Å². The first kappa shape index (κ1) is 16.5. The Morgan fingerprint density at radius 3 is 2.61 bits per heavy atom. The number of aliphatic imine (C=N–C) groups is 1. The highest BCUT2D eigenvalue weighted by Gasteiger charge is 2.05. The summed E-state index contributed by atoms with van der Waals surface area (Å²) in [6.45, 7) is 1.14. The van der Waals surface area contributed by atoms with Crippen LogP contribution in [0, 0.1) is 0 Å². The van der Waals surface area contributed by atoms with Crippen molar-refractivity contribution >= 4 is 11.9 Å². The Labute approximate surface area is 136 Å². The van der Waals surface area contributed by atoms with Crippen LogP contribution in [-0.2, 0) is 17.7 Å². The summed E-state index contributed by atoms with van der Waals surface area (Å²) in [5.41, 5.74) is 8.52. The summed E-state index contributed by atoms with van der Waals surface area (Å²) in [6, 6.07) is 17.3. The number of methoxy groups -OCH3 is 1. The second kappa shape index (κ2) is 8.58. The number of guanidine groups is 1. The van der Waals surface area contributed by atoms with Gasteiger partial charge in [0.15, 0.2) is 5.96 Å². The first-order valence-corrected chi connectivity index (χ1v) is 7.44. The first-order valence-electron chi connectivity index (χ1n) is 7.44. The minimum Gasteiger partial charge on any atom is -0.465 e. The van der Waals surface area contributed by atoms with Crippen molar-refractivity contribution in [2.24, 2.45) is 10.7 Å². The zero-order valence-electron chi connectivity index (χ0n) is 13.2. The van der Waals surface area contributed by atoms with Gasteiger partial charge in [0.05, 0.1) is 19.2 Å². The molecule has 2 aromatic carbocycles. The molecule has 0 bridgehead atoms. The van der Waals surface area contributed by atoms with Crippen LogP contribution in [0.4, 0.5) is 0 Å². The number of carbonyl (C=O) groups is 1. The molecule has 0 aliphatic carbocycles. The maximum atomic E-state index is 11.5. The molecule has 5 nitrogen and oxygen atoms in total. The van der Waals surface area contributed by atoms with Gasteiger partial charge in [0.25, 0.3) is 0 Å². The van der Waals surface area contributed by atoms with Crippen LogP contribution in [-0.4, -0.2) is 25.6 Å². The molecule has 5 heteroatoms. The van der Waals surface area contributed by atoms with Gasteiger partial charge in [-0.15, -0.1) is 0 Å². The third kappa shape index (κ3) is 5.47. The topological polar surface area (TPSA) is 76.7 Å². The number of nitrogens with two attached hydrogens (primary N) is 1. The summed E-state index contributed by atoms with van der Waals surface area (Å²) in [6.07, 6.45) is 0.884. The van der Waals surface area contributed by atoms with E-state index in [9.17, 15) is 4.79 Å². The molecule has 0 saturated carbocycles. The molecule has 3 N–H and O–H groups in total. The minimum absolute atomic E-state index is 0.357. The summed E-state index contributed by atoms with van der Waals surface area (Å²) in [5.74, 6) is 0.0363. The third-order valence-electron chi connectivity index (χ3n) is 3.34. The molecule has 23 heavy (non-hydrogen) atoms. The lowest BCUT2D eigenvalue weighted by molar-refractivity contribution is 0.0600. The molecular weight excluding hydrogens is 290 g/mol. The second-order valence-electron chi connectivity index (χ2n) is 5.06. The number of carbonyl (C=O) groups excluding carboxylic acids is 1. The fourth-order valence-corrected chi connectivity index (χ4v) is 2.13. The van der Waals surface area contributed by atoms with Gasteiger partial charge in [-0.2, -0.15) is 0 Å². The number of nitrogens with zero attached hydrogens (tertiary/aromatic N) is 1. The molecule has 0 fully saturated rings. The average molecular weight is 311 g/mol. The van der Waals surface area contributed by atoms with E-state index in [1.807, 2.05) is 24.3 Å². The molecule has 120 valence electrons. The molecule has 0 atom stereocenters. The first-order chi connectivity index (χ1) is 11.2. The largest absolute Gasteiger partial charge is 0.465 e. The maximum Gasteiger partial charge on any atom is 0.337 e. The summed E-state index contributed by atoms with van der Waals surface area (Å²) >= 11 is 0. The van der Waals surface area contributed by atoms with E-state index in [-0.39, 0.29) is 5.97 Å². The number of hydrogen-bond donors (Lipinski definition) is 2. The number of ether oxygens (including phenoxy) is 1. The molecule has 0 saturated heterocycles. The lowest BCUT2D eigenvalue weighted by Gasteiger charge is -2.06. The number of hydrogen-bond acceptors (Lipinski definition) is 3. The fraction of sp³-hybridized carbons (Fsp3) is 0.222. The van der Waals surface area contributed by atoms with Crippen LogP contribution in [0.15, 0.2) is 59.6 Å². The van der Waals surface area contributed by atoms with Crippen molar-refractivity contribution in [3.8, 4) is 0 Å². The molecule has 0 aliphatic heterocycles. The summed E-state index contributed by atoms with van der Waals surface area (Å²) < 4.78 is 4.70. The van der Waals surface area contributed by atoms with Crippen LogP contribution in [0.1, 0.15) is 21.5 Å². The van der Waals surface area contributed by atoms with E-state index in [4.69, 9.17) is 10.5 Å². The predicted octanol–water partition coefficient (Wildman–Crippen LogP) is 2.12. The van der Waals surface area contributed by atoms with E-state index in [2.05, 4.69) is 22.4 Å². The van der Waals surface area contributed by atoms with Crippen molar-refractivity contribution in [2.45, 2.75) is 13.0 Å². The Kier molecular flexibility index (Phi) is 6.17. The van der Waals surface area contributed by atoms with E-state index >= 15 is 0 Å². The van der Waals surface area contributed by atoms with E-state index in [1.165, 1.54) is 12.7 Å². The lowest BCUT2D eigenvalue weighted by atomic mass is 10.1. The van der Waals surface area contributed by atoms with Gasteiger partial charge in [-0.1, -0.05) is 42.5 Å². The molecule has 0 radical (unpaired) electrons. The van der Waals surface area contributed by atoms with Crippen molar-refractivity contribution in [3.05, 3.63) is 71.3 Å². The standard InChI is InChI=1S/C18H21N3O2/c1-23-17(22)16-9-5-8-15(12-16)13-21-18(19)20-11-10-14-6-3-2-4-7-14/h2-9,12H,10-11,13H2,1H3,(H3,19,20,21). The van der Waals surface area contributed by atoms with Gasteiger partial charge in [-0.05, 0) is 29.7 Å². The Morgan fingerprint density at radius 2 is 1.87 bits per heavy atom. The van der Waals surface area contributed by atoms with Crippen LogP contribution >= 0.6 is 0 Å². The maximum absolute atomic E-state index is 11.5. The van der Waals surface area contributed by atoms with Crippen molar-refractivity contribution in [1.82, 2.24) is 5.32 Å². The summed E-state index contributed by atoms with van der Waals surface area (Å²) in [4.78, 5) is 15.8. The molecule has 0 aliphatic rings. The molecule has 2 rings (SSSR count). The normalized spacial score (nSPS) is 11.1. The Balaban J connectivity index is 1.83. The third-order valence-corrected chi connectivity index (χ3v) is 3.34. The van der Waals surface area contributed by atoms with E-state index in [0.717, 1.165) is 18.5 Å². The molecule has 0 heterocycles. The fourth-order valence-electron chi connectivity index (χ4n) is 2.13. The molecular formula is C18H21N3O2. The van der Waals surface area contributed by atoms with Crippen molar-refractivity contribution in [1.29, 1.82) is 0 Å². The SMILES string of the molecule is COC(=O)c1cccc(CN=C(N)NCCc2ccccc2)c1. The van der Waals surface area contributed by atoms with Crippen LogP contribution in [0.25, 0.3) is 0 Å². The number of rotatable bonds is 6. The van der Waals surface area contributed by atoms with Gasteiger partial charge in [0.1, 0.15) is 0 Å².